The van der Waals surface area contributed by atoms with E-state index < -0.39 is 12.1 Å². The van der Waals surface area contributed by atoms with E-state index in [0.717, 1.165) is 16.0 Å². The highest BCUT2D eigenvalue weighted by Gasteiger charge is 2.41. The Labute approximate surface area is 132 Å². The van der Waals surface area contributed by atoms with Crippen molar-refractivity contribution in [2.75, 3.05) is 14.1 Å². The van der Waals surface area contributed by atoms with Crippen molar-refractivity contribution in [3.8, 4) is 0 Å². The van der Waals surface area contributed by atoms with E-state index in [1.807, 2.05) is 24.4 Å². The zero-order valence-electron chi connectivity index (χ0n) is 12.9. The molecular formula is C15H17N5O3. The summed E-state index contributed by atoms with van der Waals surface area (Å²) in [4.78, 5) is 38.0. The van der Waals surface area contributed by atoms with Gasteiger partial charge in [0, 0.05) is 32.4 Å². The lowest BCUT2D eigenvalue weighted by Gasteiger charge is -2.15. The van der Waals surface area contributed by atoms with E-state index in [1.54, 1.807) is 10.7 Å². The number of hydrogen-bond acceptors (Lipinski definition) is 4. The summed E-state index contributed by atoms with van der Waals surface area (Å²) in [5, 5.41) is 6.97. The highest BCUT2D eigenvalue weighted by atomic mass is 16.2. The van der Waals surface area contributed by atoms with Crippen LogP contribution in [-0.4, -0.2) is 57.4 Å². The van der Waals surface area contributed by atoms with Crippen molar-refractivity contribution < 1.29 is 14.4 Å². The molecule has 2 aromatic rings. The number of pyridine rings is 1. The third-order valence-corrected chi connectivity index (χ3v) is 4.03. The molecule has 1 aliphatic rings. The Hall–Kier alpha value is -2.90. The van der Waals surface area contributed by atoms with E-state index in [0.29, 0.717) is 6.54 Å². The van der Waals surface area contributed by atoms with Gasteiger partial charge >= 0.3 is 6.03 Å². The number of hydrogen-bond donors (Lipinski definition) is 1. The average Bonchev–Trinajstić information content (AvgIpc) is 3.04. The zero-order valence-corrected chi connectivity index (χ0v) is 12.9. The summed E-state index contributed by atoms with van der Waals surface area (Å²) in [6.45, 7) is 0.320. The van der Waals surface area contributed by atoms with Crippen molar-refractivity contribution in [2.45, 2.75) is 19.0 Å². The predicted molar refractivity (Wildman–Crippen MR) is 81.4 cm³/mol. The van der Waals surface area contributed by atoms with Crippen molar-refractivity contribution in [1.82, 2.24) is 24.7 Å². The number of urea groups is 1. The van der Waals surface area contributed by atoms with E-state index >= 15 is 0 Å². The van der Waals surface area contributed by atoms with Gasteiger partial charge in [-0.25, -0.2) is 9.31 Å². The maximum absolute atomic E-state index is 12.1. The normalized spacial score (nSPS) is 18.1. The van der Waals surface area contributed by atoms with E-state index in [2.05, 4.69) is 10.4 Å². The number of imide groups is 1. The van der Waals surface area contributed by atoms with Gasteiger partial charge in [-0.15, -0.1) is 0 Å². The lowest BCUT2D eigenvalue weighted by molar-refractivity contribution is -0.131. The van der Waals surface area contributed by atoms with Crippen molar-refractivity contribution in [1.29, 1.82) is 0 Å². The number of nitrogens with one attached hydrogen (secondary N) is 1. The van der Waals surface area contributed by atoms with E-state index in [1.165, 1.54) is 19.0 Å². The van der Waals surface area contributed by atoms with Gasteiger partial charge in [-0.3, -0.25) is 14.5 Å². The first-order chi connectivity index (χ1) is 11.0. The highest BCUT2D eigenvalue weighted by Crippen LogP contribution is 2.16. The first-order valence-corrected chi connectivity index (χ1v) is 7.21. The van der Waals surface area contributed by atoms with Crippen LogP contribution in [0.1, 0.15) is 12.0 Å². The Kier molecular flexibility index (Phi) is 3.73. The molecule has 1 atom stereocenters. The van der Waals surface area contributed by atoms with Gasteiger partial charge in [-0.1, -0.05) is 6.07 Å². The number of carbonyl (C=O) groups is 3. The summed E-state index contributed by atoms with van der Waals surface area (Å²) >= 11 is 0. The molecule has 8 heteroatoms. The van der Waals surface area contributed by atoms with Crippen LogP contribution in [0.25, 0.3) is 5.52 Å². The summed E-state index contributed by atoms with van der Waals surface area (Å²) in [5.41, 5.74) is 1.80. The van der Waals surface area contributed by atoms with Gasteiger partial charge in [0.05, 0.1) is 18.1 Å². The summed E-state index contributed by atoms with van der Waals surface area (Å²) in [6, 6.07) is 4.55. The number of nitrogens with zero attached hydrogens (tertiary/aromatic N) is 4. The Morgan fingerprint density at radius 1 is 1.30 bits per heavy atom. The minimum atomic E-state index is -0.739. The zero-order chi connectivity index (χ0) is 16.6. The highest BCUT2D eigenvalue weighted by molar-refractivity contribution is 6.05. The van der Waals surface area contributed by atoms with Crippen LogP contribution >= 0.6 is 0 Å². The molecule has 3 rings (SSSR count). The van der Waals surface area contributed by atoms with Crippen LogP contribution in [-0.2, 0) is 16.1 Å². The molecule has 0 aromatic carbocycles. The Morgan fingerprint density at radius 3 is 2.78 bits per heavy atom. The molecule has 1 saturated heterocycles. The number of rotatable bonds is 4. The molecular weight excluding hydrogens is 298 g/mol. The minimum absolute atomic E-state index is 0.0510. The van der Waals surface area contributed by atoms with Crippen LogP contribution in [0.5, 0.6) is 0 Å². The van der Waals surface area contributed by atoms with Gasteiger partial charge < -0.3 is 10.2 Å². The lowest BCUT2D eigenvalue weighted by atomic mass is 10.1. The molecule has 120 valence electrons. The fraction of sp³-hybridized carbons (Fsp3) is 0.333. The first-order valence-electron chi connectivity index (χ1n) is 7.21. The minimum Gasteiger partial charge on any atom is -0.352 e. The van der Waals surface area contributed by atoms with Crippen LogP contribution in [0.15, 0.2) is 30.6 Å². The van der Waals surface area contributed by atoms with Crippen molar-refractivity contribution in [2.24, 2.45) is 0 Å². The van der Waals surface area contributed by atoms with E-state index in [-0.39, 0.29) is 18.2 Å². The van der Waals surface area contributed by atoms with Crippen LogP contribution in [0, 0.1) is 0 Å². The fourth-order valence-corrected chi connectivity index (χ4v) is 2.64. The summed E-state index contributed by atoms with van der Waals surface area (Å²) in [6.07, 6.45) is 3.47. The van der Waals surface area contributed by atoms with Gasteiger partial charge in [0.15, 0.2) is 0 Å². The molecule has 4 amide bonds. The number of fused-ring (bicyclic) bond motifs is 1. The molecule has 1 aliphatic heterocycles. The van der Waals surface area contributed by atoms with Gasteiger partial charge in [-0.05, 0) is 12.1 Å². The molecule has 1 N–H and O–H groups in total. The Bertz CT molecular complexity index is 784. The molecule has 0 saturated carbocycles. The molecule has 23 heavy (non-hydrogen) atoms. The first kappa shape index (κ1) is 15.0. The average molecular weight is 315 g/mol. The smallest absolute Gasteiger partial charge is 0.326 e. The maximum Gasteiger partial charge on any atom is 0.326 e. The number of amides is 4. The standard InChI is InChI=1S/C15H17N5O3/c1-18-12(14(22)19(2)15(18)23)7-13(21)16-8-10-9-17-20-6-4-3-5-11(10)20/h3-6,9,12H,7-8H2,1-2H3,(H,16,21). The predicted octanol–water partition coefficient (Wildman–Crippen LogP) is 0.233. The molecule has 0 radical (unpaired) electrons. The molecule has 8 nitrogen and oxygen atoms in total. The van der Waals surface area contributed by atoms with E-state index in [9.17, 15) is 14.4 Å². The molecule has 0 aliphatic carbocycles. The molecule has 1 fully saturated rings. The number of aromatic nitrogens is 2. The monoisotopic (exact) mass is 315 g/mol. The Morgan fingerprint density at radius 2 is 2.09 bits per heavy atom. The molecule has 1 unspecified atom stereocenters. The number of likely N-dealkylation sites (N-methyl/N-ethyl adjacent to an activating group) is 2. The van der Waals surface area contributed by atoms with Gasteiger partial charge in [0.2, 0.25) is 5.91 Å². The van der Waals surface area contributed by atoms with Crippen LogP contribution in [0.2, 0.25) is 0 Å². The second-order valence-electron chi connectivity index (χ2n) is 5.49. The van der Waals surface area contributed by atoms with Crippen molar-refractivity contribution in [3.63, 3.8) is 0 Å². The quantitative estimate of drug-likeness (QED) is 0.818. The van der Waals surface area contributed by atoms with E-state index in [4.69, 9.17) is 0 Å². The second-order valence-corrected chi connectivity index (χ2v) is 5.49. The van der Waals surface area contributed by atoms with Gasteiger partial charge in [0.25, 0.3) is 5.91 Å². The molecule has 0 bridgehead atoms. The number of carbonyl (C=O) groups excluding carboxylic acids is 3. The molecule has 0 spiro atoms. The molecule has 2 aromatic heterocycles. The fourth-order valence-electron chi connectivity index (χ4n) is 2.64. The van der Waals surface area contributed by atoms with Gasteiger partial charge in [-0.2, -0.15) is 5.10 Å². The summed E-state index contributed by atoms with van der Waals surface area (Å²) in [7, 11) is 2.94. The van der Waals surface area contributed by atoms with Crippen molar-refractivity contribution >= 4 is 23.4 Å². The van der Waals surface area contributed by atoms with Gasteiger partial charge in [0.1, 0.15) is 6.04 Å². The maximum atomic E-state index is 12.1. The summed E-state index contributed by atoms with van der Waals surface area (Å²) < 4.78 is 1.73. The Balaban J connectivity index is 1.62. The van der Waals surface area contributed by atoms with Crippen LogP contribution < -0.4 is 5.32 Å². The molecule has 3 heterocycles. The second kappa shape index (κ2) is 5.71. The largest absolute Gasteiger partial charge is 0.352 e. The third kappa shape index (κ3) is 2.63. The topological polar surface area (TPSA) is 87.0 Å². The third-order valence-electron chi connectivity index (χ3n) is 4.03. The van der Waals surface area contributed by atoms with Crippen LogP contribution in [0.4, 0.5) is 4.79 Å². The lowest BCUT2D eigenvalue weighted by Crippen LogP contribution is -2.37. The van der Waals surface area contributed by atoms with Crippen LogP contribution in [0.3, 0.4) is 0 Å². The summed E-state index contributed by atoms with van der Waals surface area (Å²) in [5.74, 6) is -0.641. The SMILES string of the molecule is CN1C(=O)C(CC(=O)NCc2cnn3ccccc23)N(C)C1=O. The van der Waals surface area contributed by atoms with Crippen molar-refractivity contribution in [3.05, 3.63) is 36.2 Å².